The van der Waals surface area contributed by atoms with Gasteiger partial charge in [0.2, 0.25) is 10.0 Å². The maximum absolute atomic E-state index is 10.7. The molecule has 0 amide bonds. The number of methoxy groups -OCH3 is 1. The van der Waals surface area contributed by atoms with E-state index in [9.17, 15) is 8.42 Å². The van der Waals surface area contributed by atoms with Crippen LogP contribution in [0, 0.1) is 0 Å². The van der Waals surface area contributed by atoms with E-state index >= 15 is 0 Å². The number of nitrogens with one attached hydrogen (secondary N) is 1. The summed E-state index contributed by atoms with van der Waals surface area (Å²) in [5, 5.41) is 0. The summed E-state index contributed by atoms with van der Waals surface area (Å²) in [4.78, 5) is 0. The Hall–Kier alpha value is -0.170. The first-order chi connectivity index (χ1) is 4.99. The number of nitrogens with two attached hydrogens (primary N) is 1. The van der Waals surface area contributed by atoms with Crippen LogP contribution in [0.5, 0.6) is 0 Å². The number of hydrogen-bond acceptors (Lipinski definition) is 4. The van der Waals surface area contributed by atoms with Gasteiger partial charge in [-0.15, -0.1) is 0 Å². The van der Waals surface area contributed by atoms with Gasteiger partial charge in [-0.2, -0.15) is 0 Å². The lowest BCUT2D eigenvalue weighted by molar-refractivity contribution is 0.177. The molecular formula is C5H14N2O3S. The van der Waals surface area contributed by atoms with Gasteiger partial charge in [-0.1, -0.05) is 0 Å². The Morgan fingerprint density at radius 2 is 2.18 bits per heavy atom. The molecule has 5 nitrogen and oxygen atoms in total. The molecule has 0 spiro atoms. The highest BCUT2D eigenvalue weighted by Gasteiger charge is 2.10. The lowest BCUT2D eigenvalue weighted by Crippen LogP contribution is -2.42. The van der Waals surface area contributed by atoms with E-state index in [-0.39, 0.29) is 12.6 Å². The normalized spacial score (nSPS) is 14.8. The van der Waals surface area contributed by atoms with E-state index < -0.39 is 10.0 Å². The third-order valence-electron chi connectivity index (χ3n) is 1.03. The van der Waals surface area contributed by atoms with Gasteiger partial charge in [0.15, 0.2) is 0 Å². The van der Waals surface area contributed by atoms with Crippen LogP contribution < -0.4 is 10.5 Å². The van der Waals surface area contributed by atoms with Crippen LogP contribution >= 0.6 is 0 Å². The van der Waals surface area contributed by atoms with Gasteiger partial charge >= 0.3 is 0 Å². The first kappa shape index (κ1) is 10.8. The minimum absolute atomic E-state index is 0.237. The van der Waals surface area contributed by atoms with Crippen molar-refractivity contribution >= 4 is 10.0 Å². The molecule has 0 aromatic rings. The van der Waals surface area contributed by atoms with Gasteiger partial charge in [-0.05, 0) is 0 Å². The molecule has 1 atom stereocenters. The van der Waals surface area contributed by atoms with Crippen molar-refractivity contribution in [3.8, 4) is 0 Å². The highest BCUT2D eigenvalue weighted by molar-refractivity contribution is 7.88. The lowest BCUT2D eigenvalue weighted by Gasteiger charge is -2.13. The predicted molar refractivity (Wildman–Crippen MR) is 42.7 cm³/mol. The Bertz CT molecular complexity index is 190. The Morgan fingerprint density at radius 1 is 1.64 bits per heavy atom. The minimum atomic E-state index is -3.17. The molecule has 0 saturated carbocycles. The number of rotatable bonds is 5. The van der Waals surface area contributed by atoms with E-state index in [0.717, 1.165) is 6.26 Å². The molecule has 0 fully saturated rings. The molecule has 0 bridgehead atoms. The van der Waals surface area contributed by atoms with Crippen LogP contribution in [0.15, 0.2) is 0 Å². The van der Waals surface area contributed by atoms with Gasteiger partial charge in [-0.25, -0.2) is 13.1 Å². The van der Waals surface area contributed by atoms with Crippen molar-refractivity contribution in [3.05, 3.63) is 0 Å². The average Bonchev–Trinajstić information content (AvgIpc) is 1.84. The van der Waals surface area contributed by atoms with Crippen molar-refractivity contribution in [1.82, 2.24) is 4.72 Å². The van der Waals surface area contributed by atoms with Gasteiger partial charge in [0, 0.05) is 13.7 Å². The molecule has 3 N–H and O–H groups in total. The topological polar surface area (TPSA) is 81.4 Å². The van der Waals surface area contributed by atoms with Crippen molar-refractivity contribution < 1.29 is 13.2 Å². The standard InChI is InChI=1S/C5H14N2O3S/c1-10-4-5(3-6)7-11(2,8)9/h5,7H,3-4,6H2,1-2H3. The quantitative estimate of drug-likeness (QED) is 0.542. The van der Waals surface area contributed by atoms with Crippen LogP contribution in [0.4, 0.5) is 0 Å². The molecule has 0 radical (unpaired) electrons. The van der Waals surface area contributed by atoms with Crippen LogP contribution in [-0.4, -0.2) is 41.0 Å². The van der Waals surface area contributed by atoms with Crippen molar-refractivity contribution in [2.75, 3.05) is 26.5 Å². The van der Waals surface area contributed by atoms with Crippen LogP contribution in [0.25, 0.3) is 0 Å². The second-order valence-corrected chi connectivity index (χ2v) is 4.06. The zero-order valence-electron chi connectivity index (χ0n) is 6.70. The second-order valence-electron chi connectivity index (χ2n) is 2.28. The molecule has 0 aliphatic rings. The van der Waals surface area contributed by atoms with E-state index in [0.29, 0.717) is 6.61 Å². The second kappa shape index (κ2) is 4.66. The molecule has 0 rings (SSSR count). The molecule has 0 saturated heterocycles. The summed E-state index contributed by atoms with van der Waals surface area (Å²) in [7, 11) is -1.67. The first-order valence-corrected chi connectivity index (χ1v) is 5.05. The van der Waals surface area contributed by atoms with E-state index in [1.165, 1.54) is 7.11 Å². The molecule has 0 aliphatic heterocycles. The first-order valence-electron chi connectivity index (χ1n) is 3.16. The third-order valence-corrected chi connectivity index (χ3v) is 1.79. The monoisotopic (exact) mass is 182 g/mol. The van der Waals surface area contributed by atoms with Crippen molar-refractivity contribution in [1.29, 1.82) is 0 Å². The summed E-state index contributed by atoms with van der Waals surface area (Å²) >= 11 is 0. The van der Waals surface area contributed by atoms with Gasteiger partial charge in [-0.3, -0.25) is 0 Å². The SMILES string of the molecule is COCC(CN)NS(C)(=O)=O. The molecule has 68 valence electrons. The third kappa shape index (κ3) is 6.24. The summed E-state index contributed by atoms with van der Waals surface area (Å²) in [6.07, 6.45) is 1.09. The smallest absolute Gasteiger partial charge is 0.209 e. The number of ether oxygens (including phenoxy) is 1. The molecule has 0 aliphatic carbocycles. The maximum atomic E-state index is 10.7. The fraction of sp³-hybridized carbons (Fsp3) is 1.00. The summed E-state index contributed by atoms with van der Waals surface area (Å²) in [5.41, 5.74) is 5.26. The Kier molecular flexibility index (Phi) is 4.58. The summed E-state index contributed by atoms with van der Waals surface area (Å²) < 4.78 is 28.4. The van der Waals surface area contributed by atoms with Crippen molar-refractivity contribution in [2.24, 2.45) is 5.73 Å². The Morgan fingerprint density at radius 3 is 2.45 bits per heavy atom. The molecule has 0 heterocycles. The average molecular weight is 182 g/mol. The Labute approximate surface area is 67.0 Å². The summed E-state index contributed by atoms with van der Waals surface area (Å²) in [6, 6.07) is -0.324. The maximum Gasteiger partial charge on any atom is 0.209 e. The van der Waals surface area contributed by atoms with E-state index in [2.05, 4.69) is 4.72 Å². The molecule has 6 heteroatoms. The minimum Gasteiger partial charge on any atom is -0.383 e. The zero-order chi connectivity index (χ0) is 8.91. The zero-order valence-corrected chi connectivity index (χ0v) is 7.52. The lowest BCUT2D eigenvalue weighted by atomic mass is 10.3. The summed E-state index contributed by atoms with van der Waals surface area (Å²) in [6.45, 7) is 0.532. The number of hydrogen-bond donors (Lipinski definition) is 2. The molecule has 1 unspecified atom stereocenters. The highest BCUT2D eigenvalue weighted by Crippen LogP contribution is 1.84. The molecule has 11 heavy (non-hydrogen) atoms. The largest absolute Gasteiger partial charge is 0.383 e. The molecule has 0 aromatic carbocycles. The van der Waals surface area contributed by atoms with Crippen LogP contribution in [-0.2, 0) is 14.8 Å². The van der Waals surface area contributed by atoms with Crippen LogP contribution in [0.3, 0.4) is 0 Å². The van der Waals surface area contributed by atoms with E-state index in [1.54, 1.807) is 0 Å². The van der Waals surface area contributed by atoms with Gasteiger partial charge in [0.05, 0.1) is 18.9 Å². The van der Waals surface area contributed by atoms with Gasteiger partial charge < -0.3 is 10.5 Å². The van der Waals surface area contributed by atoms with Crippen molar-refractivity contribution in [3.63, 3.8) is 0 Å². The molecule has 0 aromatic heterocycles. The fourth-order valence-electron chi connectivity index (χ4n) is 0.654. The van der Waals surface area contributed by atoms with Gasteiger partial charge in [0.25, 0.3) is 0 Å². The fourth-order valence-corrected chi connectivity index (χ4v) is 1.42. The predicted octanol–water partition coefficient (Wildman–Crippen LogP) is -1.49. The Balaban J connectivity index is 3.88. The van der Waals surface area contributed by atoms with Crippen LogP contribution in [0.1, 0.15) is 0 Å². The number of sulfonamides is 1. The summed E-state index contributed by atoms with van der Waals surface area (Å²) in [5.74, 6) is 0. The van der Waals surface area contributed by atoms with E-state index in [1.807, 2.05) is 0 Å². The van der Waals surface area contributed by atoms with Gasteiger partial charge in [0.1, 0.15) is 0 Å². The highest BCUT2D eigenvalue weighted by atomic mass is 32.2. The molecular weight excluding hydrogens is 168 g/mol. The van der Waals surface area contributed by atoms with Crippen molar-refractivity contribution in [2.45, 2.75) is 6.04 Å². The van der Waals surface area contributed by atoms with E-state index in [4.69, 9.17) is 10.5 Å². The van der Waals surface area contributed by atoms with Crippen LogP contribution in [0.2, 0.25) is 0 Å².